The van der Waals surface area contributed by atoms with Crippen LogP contribution in [0, 0.1) is 0 Å². The molecular formula is C40H84N2O6P2. The number of hydrogen-bond donors (Lipinski definition) is 2. The van der Waals surface area contributed by atoms with Crippen LogP contribution in [0.25, 0.3) is 0 Å². The Morgan fingerprint density at radius 3 is 0.700 bits per heavy atom. The van der Waals surface area contributed by atoms with E-state index in [1.54, 1.807) is 0 Å². The average Bonchev–Trinajstić information content (AvgIpc) is 3.10. The molecule has 2 amide bonds. The summed E-state index contributed by atoms with van der Waals surface area (Å²) in [5, 5.41) is 5.23. The third kappa shape index (κ3) is 20.7. The predicted octanol–water partition coefficient (Wildman–Crippen LogP) is 10.7. The van der Waals surface area contributed by atoms with Gasteiger partial charge in [-0.3, -0.25) is 0 Å². The van der Waals surface area contributed by atoms with Gasteiger partial charge in [0.1, 0.15) is 0 Å². The molecule has 8 nitrogen and oxygen atoms in total. The summed E-state index contributed by atoms with van der Waals surface area (Å²) in [7, 11) is 0. The number of amides is 2. The molecule has 0 aromatic carbocycles. The first-order valence-electron chi connectivity index (χ1n) is 20.7. The first-order chi connectivity index (χ1) is 23.7. The van der Waals surface area contributed by atoms with Crippen LogP contribution < -0.4 is 10.6 Å². The van der Waals surface area contributed by atoms with Crippen LogP contribution in [0.2, 0.25) is 0 Å². The van der Waals surface area contributed by atoms with Gasteiger partial charge in [0.15, 0.2) is 0 Å². The number of rotatable bonds is 30. The van der Waals surface area contributed by atoms with Crippen molar-refractivity contribution in [2.24, 2.45) is 0 Å². The van der Waals surface area contributed by atoms with E-state index in [1.807, 2.05) is 0 Å². The van der Waals surface area contributed by atoms with Crippen molar-refractivity contribution in [3.05, 3.63) is 0 Å². The van der Waals surface area contributed by atoms with Gasteiger partial charge in [-0.05, 0) is 0 Å². The quantitative estimate of drug-likeness (QED) is 0.0707. The molecule has 0 spiro atoms. The van der Waals surface area contributed by atoms with E-state index in [-0.39, 0.29) is 36.8 Å². The van der Waals surface area contributed by atoms with Crippen LogP contribution in [-0.2, 0) is 28.2 Å². The molecule has 0 aliphatic heterocycles. The Labute approximate surface area is 309 Å². The van der Waals surface area contributed by atoms with Crippen molar-refractivity contribution >= 4 is 37.4 Å². The number of hydrogen-bond acceptors (Lipinski definition) is 6. The van der Waals surface area contributed by atoms with Crippen LogP contribution in [0.3, 0.4) is 0 Å². The summed E-state index contributed by atoms with van der Waals surface area (Å²) in [6.45, 7) is 15.5. The number of carbonyl (C=O) groups is 4. The third-order valence-corrected chi connectivity index (χ3v) is 23.3. The SMILES string of the molecule is CCCCP(CCCC)(CCCC)(CCCC)OC(=O)CNC(C)=O.CCCCP(CCCC)(CCCC)(CCCC)OC(=O)CNC(C)=O. The van der Waals surface area contributed by atoms with Gasteiger partial charge in [0.05, 0.1) is 0 Å². The van der Waals surface area contributed by atoms with E-state index in [1.165, 1.54) is 13.8 Å². The summed E-state index contributed by atoms with van der Waals surface area (Å²) in [5.41, 5.74) is 0. The molecular weight excluding hydrogens is 666 g/mol. The van der Waals surface area contributed by atoms with Crippen LogP contribution in [-0.4, -0.2) is 86.1 Å². The number of unbranched alkanes of at least 4 members (excludes halogenated alkanes) is 8. The monoisotopic (exact) mass is 751 g/mol. The zero-order valence-corrected chi connectivity index (χ0v) is 36.5. The van der Waals surface area contributed by atoms with Crippen LogP contribution in [0.15, 0.2) is 0 Å². The third-order valence-electron chi connectivity index (χ3n) is 10.3. The van der Waals surface area contributed by atoms with E-state index < -0.39 is 13.7 Å². The van der Waals surface area contributed by atoms with Crippen molar-refractivity contribution in [1.82, 2.24) is 10.6 Å². The molecule has 0 aliphatic rings. The van der Waals surface area contributed by atoms with Gasteiger partial charge in [-0.25, -0.2) is 0 Å². The van der Waals surface area contributed by atoms with E-state index >= 15 is 0 Å². The topological polar surface area (TPSA) is 111 Å². The Balaban J connectivity index is 0. The molecule has 0 unspecified atom stereocenters. The van der Waals surface area contributed by atoms with Crippen LogP contribution in [0.4, 0.5) is 0 Å². The normalized spacial score (nSPS) is 13.1. The average molecular weight is 751 g/mol. The second kappa shape index (κ2) is 28.3. The summed E-state index contributed by atoms with van der Waals surface area (Å²) in [5.74, 6) is -0.817. The first-order valence-corrected chi connectivity index (χ1v) is 26.5. The minimum atomic E-state index is -2.56. The fraction of sp³-hybridized carbons (Fsp3) is 0.900. The molecule has 0 fully saturated rings. The molecule has 0 heterocycles. The van der Waals surface area contributed by atoms with E-state index in [0.717, 1.165) is 152 Å². The molecule has 0 radical (unpaired) electrons. The summed E-state index contributed by atoms with van der Waals surface area (Å²) in [6, 6.07) is 0. The van der Waals surface area contributed by atoms with Crippen molar-refractivity contribution < 1.29 is 28.2 Å². The molecule has 0 aliphatic carbocycles. The zero-order valence-electron chi connectivity index (χ0n) is 34.7. The second-order valence-electron chi connectivity index (χ2n) is 15.1. The molecule has 0 bridgehead atoms. The van der Waals surface area contributed by atoms with Gasteiger partial charge >= 0.3 is 311 Å². The molecule has 0 atom stereocenters. The summed E-state index contributed by atoms with van der Waals surface area (Å²) >= 11 is 0. The van der Waals surface area contributed by atoms with Gasteiger partial charge in [-0.1, -0.05) is 0 Å². The van der Waals surface area contributed by atoms with E-state index in [9.17, 15) is 19.2 Å². The number of nitrogens with one attached hydrogen (secondary N) is 2. The standard InChI is InChI=1S/2C20H42NO3P/c2*1-6-10-14-25(15-11-7-2,16-12-8-3,17-13-9-4)24-20(23)18-21-19(5)22/h2*6-18H2,1-5H3,(H,21,22). The van der Waals surface area contributed by atoms with Gasteiger partial charge < -0.3 is 0 Å². The van der Waals surface area contributed by atoms with Crippen molar-refractivity contribution in [2.75, 3.05) is 62.4 Å². The Kier molecular flexibility index (Phi) is 28.7. The Morgan fingerprint density at radius 2 is 0.560 bits per heavy atom. The molecule has 0 saturated heterocycles. The molecule has 0 saturated carbocycles. The fourth-order valence-corrected chi connectivity index (χ4v) is 20.8. The Bertz CT molecular complexity index is 784. The van der Waals surface area contributed by atoms with Crippen LogP contribution in [0.1, 0.15) is 172 Å². The molecule has 0 aromatic rings. The number of carbonyl (C=O) groups excluding carboxylic acids is 4. The van der Waals surface area contributed by atoms with Crippen LogP contribution in [0.5, 0.6) is 0 Å². The molecule has 10 heteroatoms. The van der Waals surface area contributed by atoms with Crippen molar-refractivity contribution in [2.45, 2.75) is 172 Å². The van der Waals surface area contributed by atoms with Crippen molar-refractivity contribution in [1.29, 1.82) is 0 Å². The minimum absolute atomic E-state index is 0.00370. The van der Waals surface area contributed by atoms with Gasteiger partial charge in [-0.2, -0.15) is 0 Å². The van der Waals surface area contributed by atoms with Crippen molar-refractivity contribution in [3.8, 4) is 0 Å². The van der Waals surface area contributed by atoms with Gasteiger partial charge in [0.25, 0.3) is 0 Å². The van der Waals surface area contributed by atoms with Gasteiger partial charge in [0.2, 0.25) is 0 Å². The molecule has 0 rings (SSSR count). The predicted molar refractivity (Wildman–Crippen MR) is 222 cm³/mol. The fourth-order valence-electron chi connectivity index (χ4n) is 7.21. The van der Waals surface area contributed by atoms with Gasteiger partial charge in [0, 0.05) is 0 Å². The van der Waals surface area contributed by atoms with E-state index in [4.69, 9.17) is 9.05 Å². The molecule has 50 heavy (non-hydrogen) atoms. The second-order valence-corrected chi connectivity index (χ2v) is 26.5. The summed E-state index contributed by atoms with van der Waals surface area (Å²) < 4.78 is 12.9. The zero-order chi connectivity index (χ0) is 38.4. The molecule has 0 aromatic heterocycles. The van der Waals surface area contributed by atoms with Crippen LogP contribution >= 0.6 is 13.7 Å². The first kappa shape index (κ1) is 50.8. The maximum absolute atomic E-state index is 12.6. The van der Waals surface area contributed by atoms with Crippen molar-refractivity contribution in [3.63, 3.8) is 0 Å². The Hall–Kier alpha value is -1.26. The van der Waals surface area contributed by atoms with Gasteiger partial charge in [-0.15, -0.1) is 0 Å². The Morgan fingerprint density at radius 1 is 0.380 bits per heavy atom. The summed E-state index contributed by atoms with van der Waals surface area (Å²) in [4.78, 5) is 47.6. The van der Waals surface area contributed by atoms with E-state index in [0.29, 0.717) is 0 Å². The molecule has 300 valence electrons. The van der Waals surface area contributed by atoms with E-state index in [2.05, 4.69) is 66.0 Å². The molecule has 2 N–H and O–H groups in total. The summed E-state index contributed by atoms with van der Waals surface area (Å²) in [6.07, 6.45) is 26.6. The maximum atomic E-state index is 12.6.